The van der Waals surface area contributed by atoms with Gasteiger partial charge in [0.05, 0.1) is 55.5 Å². The van der Waals surface area contributed by atoms with Gasteiger partial charge < -0.3 is 67.0 Å². The molecule has 0 atom stereocenters. The van der Waals surface area contributed by atoms with Crippen LogP contribution < -0.4 is 43.0 Å². The number of carbonyl (C=O) groups excluding carboxylic acids is 3. The third kappa shape index (κ3) is 24.1. The van der Waals surface area contributed by atoms with Crippen LogP contribution in [0.2, 0.25) is 0 Å². The number of pyridine rings is 4. The molecule has 0 saturated heterocycles. The van der Waals surface area contributed by atoms with Crippen molar-refractivity contribution in [1.29, 1.82) is 0 Å². The number of carboxylic acid groups (broad SMARTS) is 1. The maximum atomic E-state index is 13.1. The predicted octanol–water partition coefficient (Wildman–Crippen LogP) is 5.40. The first-order chi connectivity index (χ1) is 38.3. The van der Waals surface area contributed by atoms with Crippen molar-refractivity contribution in [2.45, 2.75) is 26.4 Å². The Balaban J connectivity index is 0.000000636. The van der Waals surface area contributed by atoms with E-state index in [1.165, 1.54) is 77.1 Å². The van der Waals surface area contributed by atoms with Gasteiger partial charge in [-0.15, -0.1) is 0 Å². The lowest BCUT2D eigenvalue weighted by atomic mass is 10.1. The third-order valence-corrected chi connectivity index (χ3v) is 9.89. The lowest BCUT2D eigenvalue weighted by Crippen LogP contribution is -2.34. The van der Waals surface area contributed by atoms with Crippen molar-refractivity contribution in [2.75, 3.05) is 84.0 Å². The number of methoxy groups -OCH3 is 4. The molecule has 25 nitrogen and oxygen atoms in total. The molecular weight excluding hydrogens is 1090 g/mol. The number of amides is 3. The van der Waals surface area contributed by atoms with Gasteiger partial charge in [0.1, 0.15) is 34.9 Å². The van der Waals surface area contributed by atoms with Gasteiger partial charge in [0, 0.05) is 90.5 Å². The molecule has 0 aliphatic heterocycles. The molecule has 30 heteroatoms. The highest BCUT2D eigenvalue weighted by molar-refractivity contribution is 7.52. The van der Waals surface area contributed by atoms with Crippen molar-refractivity contribution in [3.05, 3.63) is 143 Å². The monoisotopic (exact) mass is 1150 g/mol. The van der Waals surface area contributed by atoms with Crippen molar-refractivity contribution in [3.8, 4) is 0 Å². The normalized spacial score (nSPS) is 9.97. The summed E-state index contributed by atoms with van der Waals surface area (Å²) in [5.41, 5.74) is 10.1. The molecule has 0 aliphatic carbocycles. The van der Waals surface area contributed by atoms with Crippen LogP contribution in [0.4, 0.5) is 59.2 Å². The summed E-state index contributed by atoms with van der Waals surface area (Å²) < 4.78 is 94.4. The molecule has 0 saturated carbocycles. The molecule has 79 heavy (non-hydrogen) atoms. The molecule has 0 bridgehead atoms. The first kappa shape index (κ1) is 66.5. The van der Waals surface area contributed by atoms with Gasteiger partial charge in [-0.05, 0) is 85.6 Å². The van der Waals surface area contributed by atoms with Gasteiger partial charge in [-0.3, -0.25) is 18.8 Å². The number of alkyl halides is 1. The highest BCUT2D eigenvalue weighted by Gasteiger charge is 2.17. The van der Waals surface area contributed by atoms with Crippen LogP contribution in [0.3, 0.4) is 0 Å². The zero-order valence-corrected chi connectivity index (χ0v) is 45.3. The Morgan fingerprint density at radius 1 is 0.582 bits per heavy atom. The van der Waals surface area contributed by atoms with Gasteiger partial charge in [0.15, 0.2) is 12.6 Å². The summed E-state index contributed by atoms with van der Waals surface area (Å²) in [5.74, 6) is -1.30. The van der Waals surface area contributed by atoms with Crippen LogP contribution >= 0.6 is 0 Å². The number of anilines is 8. The first-order valence-electron chi connectivity index (χ1n) is 23.0. The van der Waals surface area contributed by atoms with Crippen molar-refractivity contribution in [1.82, 2.24) is 35.9 Å². The largest absolute Gasteiger partial charge is 0.478 e. The van der Waals surface area contributed by atoms with Crippen molar-refractivity contribution in [2.24, 2.45) is 5.73 Å². The van der Waals surface area contributed by atoms with E-state index >= 15 is 0 Å². The van der Waals surface area contributed by atoms with Crippen LogP contribution in [0.1, 0.15) is 53.9 Å². The smallest absolute Gasteiger partial charge is 0.335 e. The number of ether oxygens (including phenoxy) is 4. The second-order valence-corrected chi connectivity index (χ2v) is 15.1. The van der Waals surface area contributed by atoms with Crippen LogP contribution in [0, 0.1) is 25.5 Å². The molecular formula is C49H59F3N12O13S2. The van der Waals surface area contributed by atoms with E-state index in [0.29, 0.717) is 74.8 Å². The summed E-state index contributed by atoms with van der Waals surface area (Å²) in [7, 11) is 8.13. The van der Waals surface area contributed by atoms with Crippen LogP contribution in [-0.4, -0.2) is 141 Å². The second kappa shape index (κ2) is 38.0. The summed E-state index contributed by atoms with van der Waals surface area (Å²) in [4.78, 5) is 64.6. The Labute approximate surface area is 460 Å². The van der Waals surface area contributed by atoms with Gasteiger partial charge in [-0.1, -0.05) is 0 Å². The second-order valence-electron chi connectivity index (χ2n) is 14.9. The highest BCUT2D eigenvalue weighted by Crippen LogP contribution is 2.29. The molecule has 0 radical (unpaired) electrons. The number of hydrogen-bond donors (Lipinski definition) is 9. The van der Waals surface area contributed by atoms with E-state index in [-0.39, 0.29) is 36.1 Å². The van der Waals surface area contributed by atoms with Gasteiger partial charge in [-0.25, -0.2) is 33.5 Å². The molecule has 0 aliphatic rings. The first-order valence-corrected chi connectivity index (χ1v) is 23.6. The van der Waals surface area contributed by atoms with E-state index < -0.39 is 54.2 Å². The summed E-state index contributed by atoms with van der Waals surface area (Å²) in [6.07, 6.45) is 4.21. The average Bonchev–Trinajstić information content (AvgIpc) is 3.44. The number of aromatic carboxylic acids is 1. The number of carboxylic acids is 1. The number of nitrogens with zero attached hydrogens (tertiary/aromatic N) is 4. The van der Waals surface area contributed by atoms with Crippen LogP contribution in [0.5, 0.6) is 0 Å². The van der Waals surface area contributed by atoms with Crippen molar-refractivity contribution >= 4 is 92.9 Å². The topological polar surface area (TPSA) is 356 Å². The Morgan fingerprint density at radius 2 is 0.962 bits per heavy atom. The van der Waals surface area contributed by atoms with Gasteiger partial charge in [0.25, 0.3) is 17.7 Å². The minimum atomic E-state index is -1.02. The van der Waals surface area contributed by atoms with Crippen LogP contribution in [0.25, 0.3) is 0 Å². The lowest BCUT2D eigenvalue weighted by molar-refractivity contribution is -0.0974. The average molecular weight is 1150 g/mol. The van der Waals surface area contributed by atoms with Crippen LogP contribution in [-0.2, 0) is 42.1 Å². The molecule has 6 rings (SSSR count). The Bertz CT molecular complexity index is 2960. The van der Waals surface area contributed by atoms with E-state index in [1.54, 1.807) is 57.5 Å². The number of rotatable bonds is 19. The molecule has 4 aromatic heterocycles. The molecule has 0 spiro atoms. The van der Waals surface area contributed by atoms with Gasteiger partial charge in [0.2, 0.25) is 0 Å². The SMILES string of the molecule is CNC(=O)c1cnc(Nc2ccc(F)cn2)cc1Nc1ccc(C(=O)NCC(OC)OC)cc1C.CNC(=O)c1cnc(Nc2ccc(F)cn2)cc1Nc1ccc(C(=O)O)cc1C.COC(CN)OC.O=S=O.O=S=O.[2H]CF. The standard InChI is InChI=1S/C24H27FN6O4.C20H18FN5O3.C4H11NO2.CH3F.2O2S/c1-14-9-15(23(32)29-13-22(34-3)35-4)5-7-18(14)30-19-10-21(28-12-17(19)24(33)26-2)31-20-8-6-16(25)11-27-20;1-11-7-12(20(28)29)3-5-15(11)25-16-8-18(24-10-14(16)19(27)22-2)26-17-6-4-13(21)9-23-17;1-6-4(3-5)7-2;1-2;2*1-3-2/h5-12,22H,13H2,1-4H3,(H,26,33)(H,29,32)(H2,27,28,30,31);3-10H,1-2H3,(H,22,27)(H,28,29)(H2,23,24,25,26);4H,3,5H2,1-2H3;1H3;;/i;;;1D;;. The maximum Gasteiger partial charge on any atom is 0.335 e. The number of halogens is 3. The molecule has 2 aromatic carbocycles. The molecule has 3 amide bonds. The summed E-state index contributed by atoms with van der Waals surface area (Å²) in [6, 6.07) is 18.5. The summed E-state index contributed by atoms with van der Waals surface area (Å²) in [5, 5.41) is 29.3. The fraction of sp³-hybridized carbons (Fsp3) is 0.265. The Hall–Kier alpha value is -8.65. The predicted molar refractivity (Wildman–Crippen MR) is 288 cm³/mol. The van der Waals surface area contributed by atoms with E-state index in [2.05, 4.69) is 57.2 Å². The zero-order chi connectivity index (χ0) is 60.2. The van der Waals surface area contributed by atoms with Crippen molar-refractivity contribution in [3.63, 3.8) is 0 Å². The number of aromatic nitrogens is 4. The number of aryl methyl sites for hydroxylation is 2. The highest BCUT2D eigenvalue weighted by atomic mass is 32.1. The minimum Gasteiger partial charge on any atom is -0.478 e. The van der Waals surface area contributed by atoms with E-state index in [1.807, 2.05) is 6.92 Å². The fourth-order valence-electron chi connectivity index (χ4n) is 6.05. The van der Waals surface area contributed by atoms with E-state index in [4.69, 9.17) is 48.0 Å². The van der Waals surface area contributed by atoms with Crippen molar-refractivity contribution < 1.29 is 74.6 Å². The summed E-state index contributed by atoms with van der Waals surface area (Å²) in [6.45, 7) is 4.22. The molecule has 0 unspecified atom stereocenters. The number of nitrogens with two attached hydrogens (primary N) is 1. The number of hydrogen-bond acceptors (Lipinski definition) is 21. The van der Waals surface area contributed by atoms with E-state index in [0.717, 1.165) is 18.0 Å². The lowest BCUT2D eigenvalue weighted by Gasteiger charge is -2.16. The Kier molecular flexibility index (Phi) is 32.0. The Morgan fingerprint density at radius 3 is 1.28 bits per heavy atom. The minimum absolute atomic E-state index is 0.166. The summed E-state index contributed by atoms with van der Waals surface area (Å²) >= 11 is -1.50. The van der Waals surface area contributed by atoms with Gasteiger partial charge >= 0.3 is 29.1 Å². The fourth-order valence-corrected chi connectivity index (χ4v) is 6.05. The molecule has 426 valence electrons. The maximum absolute atomic E-state index is 13.1. The van der Waals surface area contributed by atoms with E-state index in [9.17, 15) is 32.3 Å². The zero-order valence-electron chi connectivity index (χ0n) is 44.7. The molecule has 4 heterocycles. The van der Waals surface area contributed by atoms with Crippen LogP contribution in [0.15, 0.2) is 97.6 Å². The van der Waals surface area contributed by atoms with Gasteiger partial charge in [-0.2, -0.15) is 16.8 Å². The quantitative estimate of drug-likeness (QED) is 0.0458. The molecule has 0 fully saturated rings. The number of carbonyl (C=O) groups is 4. The molecule has 6 aromatic rings. The number of nitrogens with one attached hydrogen (secondary N) is 7. The third-order valence-electron chi connectivity index (χ3n) is 9.89. The number of benzene rings is 2. The molecule has 10 N–H and O–H groups in total.